The lowest BCUT2D eigenvalue weighted by Gasteiger charge is -2.46. The van der Waals surface area contributed by atoms with Gasteiger partial charge in [0.15, 0.2) is 5.79 Å². The van der Waals surface area contributed by atoms with E-state index in [0.29, 0.717) is 51.9 Å². The molecule has 2 heterocycles. The molecule has 7 nitrogen and oxygen atoms in total. The van der Waals surface area contributed by atoms with Crippen LogP contribution in [0.25, 0.3) is 0 Å². The fourth-order valence-corrected chi connectivity index (χ4v) is 3.98. The molecule has 0 aromatic rings. The largest absolute Gasteiger partial charge is 0.348 e. The van der Waals surface area contributed by atoms with Crippen LogP contribution >= 0.6 is 0 Å². The highest BCUT2D eigenvalue weighted by atomic mass is 16.7. The normalized spacial score (nSPS) is 31.0. The Morgan fingerprint density at radius 1 is 1.29 bits per heavy atom. The number of ether oxygens (including phenoxy) is 2. The minimum atomic E-state index is -0.661. The van der Waals surface area contributed by atoms with Crippen molar-refractivity contribution in [1.29, 1.82) is 0 Å². The zero-order chi connectivity index (χ0) is 15.1. The predicted octanol–water partition coefficient (Wildman–Crippen LogP) is 1.19. The van der Waals surface area contributed by atoms with Gasteiger partial charge in [-0.3, -0.25) is 14.9 Å². The molecule has 118 valence electrons. The van der Waals surface area contributed by atoms with Crippen molar-refractivity contribution >= 4 is 5.91 Å². The first-order valence-electron chi connectivity index (χ1n) is 7.65. The van der Waals surface area contributed by atoms with Crippen molar-refractivity contribution in [3.05, 3.63) is 10.1 Å². The van der Waals surface area contributed by atoms with E-state index in [0.717, 1.165) is 0 Å². The minimum absolute atomic E-state index is 0.0496. The van der Waals surface area contributed by atoms with Gasteiger partial charge in [-0.2, -0.15) is 0 Å². The number of carbonyl (C=O) groups excluding carboxylic acids is 1. The summed E-state index contributed by atoms with van der Waals surface area (Å²) in [6.45, 7) is 3.64. The summed E-state index contributed by atoms with van der Waals surface area (Å²) >= 11 is 0. The number of amides is 1. The number of hydrogen-bond acceptors (Lipinski definition) is 5. The molecule has 0 radical (unpaired) electrons. The molecule has 0 N–H and O–H groups in total. The minimum Gasteiger partial charge on any atom is -0.348 e. The van der Waals surface area contributed by atoms with E-state index in [2.05, 4.69) is 0 Å². The van der Waals surface area contributed by atoms with Gasteiger partial charge in [0.2, 0.25) is 12.5 Å². The van der Waals surface area contributed by atoms with Crippen molar-refractivity contribution in [2.24, 2.45) is 5.92 Å². The van der Waals surface area contributed by atoms with E-state index in [-0.39, 0.29) is 23.3 Å². The van der Waals surface area contributed by atoms with Gasteiger partial charge in [-0.15, -0.1) is 0 Å². The molecule has 1 atom stereocenters. The molecule has 3 aliphatic rings. The van der Waals surface area contributed by atoms with Crippen LogP contribution in [0.15, 0.2) is 0 Å². The molecule has 1 spiro atoms. The van der Waals surface area contributed by atoms with Crippen LogP contribution in [0.3, 0.4) is 0 Å². The van der Waals surface area contributed by atoms with Gasteiger partial charge < -0.3 is 14.4 Å². The number of nitrogens with zero attached hydrogens (tertiary/aromatic N) is 2. The second kappa shape index (κ2) is 5.21. The standard InChI is InChI=1S/C14H22N2O5/c1-11-8-12(17)15(9-11)13(10-16(18)19)2-4-14(5-3-13)20-6-7-21-14/h11H,2-10H2,1H3. The van der Waals surface area contributed by atoms with Crippen molar-refractivity contribution in [2.45, 2.75) is 50.4 Å². The summed E-state index contributed by atoms with van der Waals surface area (Å²) in [7, 11) is 0. The van der Waals surface area contributed by atoms with Crippen molar-refractivity contribution in [3.8, 4) is 0 Å². The quantitative estimate of drug-likeness (QED) is 0.577. The second-order valence-corrected chi connectivity index (χ2v) is 6.64. The monoisotopic (exact) mass is 298 g/mol. The lowest BCUT2D eigenvalue weighted by molar-refractivity contribution is -0.496. The van der Waals surface area contributed by atoms with Gasteiger partial charge in [-0.1, -0.05) is 6.92 Å². The third-order valence-electron chi connectivity index (χ3n) is 5.07. The molecule has 2 aliphatic heterocycles. The van der Waals surface area contributed by atoms with E-state index in [4.69, 9.17) is 9.47 Å². The fourth-order valence-electron chi connectivity index (χ4n) is 3.98. The molecule has 1 saturated carbocycles. The Morgan fingerprint density at radius 3 is 2.38 bits per heavy atom. The molecule has 1 aliphatic carbocycles. The number of carbonyl (C=O) groups is 1. The molecule has 7 heteroatoms. The van der Waals surface area contributed by atoms with Crippen LogP contribution in [0.2, 0.25) is 0 Å². The maximum absolute atomic E-state index is 12.2. The Bertz CT molecular complexity index is 437. The number of likely N-dealkylation sites (tertiary alicyclic amines) is 1. The molecule has 3 rings (SSSR count). The van der Waals surface area contributed by atoms with Crippen molar-refractivity contribution in [2.75, 3.05) is 26.3 Å². The van der Waals surface area contributed by atoms with Crippen molar-refractivity contribution in [1.82, 2.24) is 4.90 Å². The van der Waals surface area contributed by atoms with Gasteiger partial charge in [0, 0.05) is 30.7 Å². The summed E-state index contributed by atoms with van der Waals surface area (Å²) < 4.78 is 11.4. The smallest absolute Gasteiger partial charge is 0.226 e. The Hall–Kier alpha value is -1.21. The molecule has 1 unspecified atom stereocenters. The fraction of sp³-hybridized carbons (Fsp3) is 0.929. The van der Waals surface area contributed by atoms with Crippen LogP contribution in [0.1, 0.15) is 39.0 Å². The van der Waals surface area contributed by atoms with Gasteiger partial charge >= 0.3 is 0 Å². The van der Waals surface area contributed by atoms with Crippen molar-refractivity contribution < 1.29 is 19.2 Å². The molecule has 21 heavy (non-hydrogen) atoms. The van der Waals surface area contributed by atoms with Gasteiger partial charge in [0.1, 0.15) is 5.54 Å². The van der Waals surface area contributed by atoms with E-state index in [1.165, 1.54) is 0 Å². The van der Waals surface area contributed by atoms with Crippen LogP contribution in [0.5, 0.6) is 0 Å². The molecule has 1 amide bonds. The van der Waals surface area contributed by atoms with E-state index in [1.54, 1.807) is 4.90 Å². The van der Waals surface area contributed by atoms with E-state index < -0.39 is 11.3 Å². The summed E-state index contributed by atoms with van der Waals surface area (Å²) in [5.74, 6) is -0.237. The van der Waals surface area contributed by atoms with Crippen molar-refractivity contribution in [3.63, 3.8) is 0 Å². The Labute approximate surface area is 123 Å². The SMILES string of the molecule is CC1CC(=O)N(C2(C[N+](=O)[O-])CCC3(CC2)OCCO3)C1. The van der Waals surface area contributed by atoms with Gasteiger partial charge in [0.05, 0.1) is 13.2 Å². The molecule has 0 aromatic carbocycles. The Balaban J connectivity index is 1.79. The van der Waals surface area contributed by atoms with Crippen LogP contribution in [0, 0.1) is 16.0 Å². The molecule has 2 saturated heterocycles. The van der Waals surface area contributed by atoms with E-state index in [1.807, 2.05) is 6.92 Å². The van der Waals surface area contributed by atoms with Gasteiger partial charge in [0.25, 0.3) is 0 Å². The molecular formula is C14H22N2O5. The zero-order valence-electron chi connectivity index (χ0n) is 12.4. The summed E-state index contributed by atoms with van der Waals surface area (Å²) in [5.41, 5.74) is -0.661. The first kappa shape index (κ1) is 14.7. The lowest BCUT2D eigenvalue weighted by atomic mass is 9.77. The molecule has 0 aromatic heterocycles. The van der Waals surface area contributed by atoms with Crippen LogP contribution in [-0.2, 0) is 14.3 Å². The third-order valence-corrected chi connectivity index (χ3v) is 5.07. The van der Waals surface area contributed by atoms with E-state index >= 15 is 0 Å². The molecule has 0 bridgehead atoms. The zero-order valence-corrected chi connectivity index (χ0v) is 12.4. The summed E-state index contributed by atoms with van der Waals surface area (Å²) in [4.78, 5) is 24.8. The molecule has 3 fully saturated rings. The molecular weight excluding hydrogens is 276 g/mol. The highest BCUT2D eigenvalue weighted by Gasteiger charge is 2.53. The predicted molar refractivity (Wildman–Crippen MR) is 73.2 cm³/mol. The number of rotatable bonds is 3. The second-order valence-electron chi connectivity index (χ2n) is 6.64. The highest BCUT2D eigenvalue weighted by Crippen LogP contribution is 2.44. The number of nitro groups is 1. The summed E-state index contributed by atoms with van der Waals surface area (Å²) in [6, 6.07) is 0. The lowest BCUT2D eigenvalue weighted by Crippen LogP contribution is -2.58. The maximum atomic E-state index is 12.2. The highest BCUT2D eigenvalue weighted by molar-refractivity contribution is 5.79. The first-order valence-corrected chi connectivity index (χ1v) is 7.65. The first-order chi connectivity index (χ1) is 9.95. The maximum Gasteiger partial charge on any atom is 0.226 e. The summed E-state index contributed by atoms with van der Waals surface area (Å²) in [6.07, 6.45) is 2.90. The van der Waals surface area contributed by atoms with E-state index in [9.17, 15) is 14.9 Å². The summed E-state index contributed by atoms with van der Waals surface area (Å²) in [5, 5.41) is 11.1. The average Bonchev–Trinajstić information content (AvgIpc) is 3.00. The van der Waals surface area contributed by atoms with Gasteiger partial charge in [-0.25, -0.2) is 0 Å². The Morgan fingerprint density at radius 2 is 1.90 bits per heavy atom. The van der Waals surface area contributed by atoms with Gasteiger partial charge in [-0.05, 0) is 18.8 Å². The topological polar surface area (TPSA) is 81.9 Å². The number of hydrogen-bond donors (Lipinski definition) is 0. The average molecular weight is 298 g/mol. The van der Waals surface area contributed by atoms with Crippen LogP contribution in [0.4, 0.5) is 0 Å². The third kappa shape index (κ3) is 2.64. The van der Waals surface area contributed by atoms with Crippen LogP contribution < -0.4 is 0 Å². The van der Waals surface area contributed by atoms with Crippen LogP contribution in [-0.4, -0.2) is 53.4 Å². The Kier molecular flexibility index (Phi) is 3.65.